The normalized spacial score (nSPS) is 16.5. The summed E-state index contributed by atoms with van der Waals surface area (Å²) in [4.78, 5) is 9.23. The van der Waals surface area contributed by atoms with Gasteiger partial charge in [0.2, 0.25) is 0 Å². The summed E-state index contributed by atoms with van der Waals surface area (Å²) < 4.78 is 15.5. The third kappa shape index (κ3) is 4.17. The highest BCUT2D eigenvalue weighted by Crippen LogP contribution is 2.38. The van der Waals surface area contributed by atoms with Crippen LogP contribution in [-0.4, -0.2) is 48.2 Å². The molecule has 0 aliphatic carbocycles. The molecule has 0 bridgehead atoms. The first-order chi connectivity index (χ1) is 14.3. The van der Waals surface area contributed by atoms with Crippen LogP contribution in [0.1, 0.15) is 6.42 Å². The lowest BCUT2D eigenvalue weighted by Crippen LogP contribution is -2.31. The maximum atomic E-state index is 14.7. The summed E-state index contributed by atoms with van der Waals surface area (Å²) in [6.07, 6.45) is 1.02. The number of aromatic nitrogens is 1. The number of likely N-dealkylation sites (N-methyl/N-ethyl adjacent to an activating group) is 1. The Balaban J connectivity index is 1.88. The lowest BCUT2D eigenvalue weighted by atomic mass is 10.0. The number of phenolic OH excluding ortho intramolecular Hbond substituents is 1. The molecule has 1 aliphatic rings. The van der Waals surface area contributed by atoms with Crippen molar-refractivity contribution in [2.45, 2.75) is 12.5 Å². The van der Waals surface area contributed by atoms with Crippen molar-refractivity contribution in [1.82, 2.24) is 9.88 Å². The molecule has 1 unspecified atom stereocenters. The summed E-state index contributed by atoms with van der Waals surface area (Å²) in [5, 5.41) is 10.8. The number of hydrogen-bond donors (Lipinski definition) is 1. The second kappa shape index (κ2) is 8.53. The van der Waals surface area contributed by atoms with E-state index in [4.69, 9.17) is 16.6 Å². The molecule has 1 atom stereocenters. The van der Waals surface area contributed by atoms with Gasteiger partial charge in [-0.15, -0.1) is 0 Å². The van der Waals surface area contributed by atoms with Crippen LogP contribution < -0.4 is 4.90 Å². The Morgan fingerprint density at radius 1 is 1.20 bits per heavy atom. The fourth-order valence-electron chi connectivity index (χ4n) is 3.82. The third-order valence-corrected chi connectivity index (χ3v) is 6.32. The zero-order valence-corrected chi connectivity index (χ0v) is 19.1. The van der Waals surface area contributed by atoms with Crippen molar-refractivity contribution < 1.29 is 9.50 Å². The molecule has 0 radical (unpaired) electrons. The van der Waals surface area contributed by atoms with Crippen LogP contribution in [-0.2, 0) is 0 Å². The minimum absolute atomic E-state index is 0.112. The van der Waals surface area contributed by atoms with Crippen molar-refractivity contribution in [3.63, 3.8) is 0 Å². The van der Waals surface area contributed by atoms with Gasteiger partial charge in [0.1, 0.15) is 17.4 Å². The van der Waals surface area contributed by atoms with Crippen molar-refractivity contribution in [1.29, 1.82) is 0 Å². The number of hydrogen-bond acceptors (Lipinski definition) is 4. The molecule has 0 amide bonds. The van der Waals surface area contributed by atoms with Gasteiger partial charge < -0.3 is 14.9 Å². The number of anilines is 1. The first-order valence-electron chi connectivity index (χ1n) is 9.70. The van der Waals surface area contributed by atoms with Crippen LogP contribution in [0.4, 0.5) is 10.2 Å². The first kappa shape index (κ1) is 21.1. The van der Waals surface area contributed by atoms with Crippen molar-refractivity contribution in [3.05, 3.63) is 63.8 Å². The topological polar surface area (TPSA) is 39.6 Å². The van der Waals surface area contributed by atoms with E-state index in [1.54, 1.807) is 36.4 Å². The summed E-state index contributed by atoms with van der Waals surface area (Å²) >= 11 is 9.81. The first-order valence-corrected chi connectivity index (χ1v) is 10.9. The number of halogens is 3. The molecule has 0 spiro atoms. The Morgan fingerprint density at radius 3 is 2.70 bits per heavy atom. The molecular weight excluding hydrogens is 469 g/mol. The molecule has 2 aromatic carbocycles. The highest BCUT2D eigenvalue weighted by molar-refractivity contribution is 9.10. The summed E-state index contributed by atoms with van der Waals surface area (Å²) in [6, 6.07) is 13.9. The Morgan fingerprint density at radius 2 is 2.00 bits per heavy atom. The molecule has 2 heterocycles. The molecule has 4 rings (SSSR count). The van der Waals surface area contributed by atoms with E-state index in [2.05, 4.69) is 39.8 Å². The van der Waals surface area contributed by atoms with Crippen molar-refractivity contribution >= 4 is 33.3 Å². The molecule has 30 heavy (non-hydrogen) atoms. The Labute approximate surface area is 189 Å². The van der Waals surface area contributed by atoms with Crippen LogP contribution in [0.3, 0.4) is 0 Å². The van der Waals surface area contributed by atoms with E-state index < -0.39 is 5.82 Å². The van der Waals surface area contributed by atoms with Crippen LogP contribution in [0, 0.1) is 5.82 Å². The van der Waals surface area contributed by atoms with Crippen LogP contribution >= 0.6 is 27.5 Å². The molecule has 1 saturated heterocycles. The Bertz CT molecular complexity index is 1070. The van der Waals surface area contributed by atoms with Gasteiger partial charge in [-0.25, -0.2) is 9.37 Å². The zero-order valence-electron chi connectivity index (χ0n) is 16.7. The fourth-order valence-corrected chi connectivity index (χ4v) is 4.45. The lowest BCUT2D eigenvalue weighted by molar-refractivity contribution is 0.315. The van der Waals surface area contributed by atoms with Gasteiger partial charge in [-0.05, 0) is 68.5 Å². The molecule has 7 heteroatoms. The number of pyridine rings is 1. The molecule has 3 aromatic rings. The summed E-state index contributed by atoms with van der Waals surface area (Å²) in [6.45, 7) is 1.69. The average Bonchev–Trinajstić information content (AvgIpc) is 3.20. The minimum atomic E-state index is -0.392. The quantitative estimate of drug-likeness (QED) is 0.500. The number of phenols is 1. The summed E-state index contributed by atoms with van der Waals surface area (Å²) in [7, 11) is 4.14. The Kier molecular flexibility index (Phi) is 6.00. The highest BCUT2D eigenvalue weighted by atomic mass is 79.9. The Hall–Kier alpha value is -2.15. The van der Waals surface area contributed by atoms with Gasteiger partial charge in [0.05, 0.1) is 10.7 Å². The predicted molar refractivity (Wildman–Crippen MR) is 124 cm³/mol. The van der Waals surface area contributed by atoms with Crippen LogP contribution in [0.5, 0.6) is 5.75 Å². The van der Waals surface area contributed by atoms with Gasteiger partial charge in [-0.2, -0.15) is 0 Å². The minimum Gasteiger partial charge on any atom is -0.507 e. The highest BCUT2D eigenvalue weighted by Gasteiger charge is 2.26. The number of rotatable bonds is 4. The van der Waals surface area contributed by atoms with Crippen LogP contribution in [0.2, 0.25) is 5.02 Å². The van der Waals surface area contributed by atoms with Crippen molar-refractivity contribution in [2.24, 2.45) is 0 Å². The molecule has 1 aromatic heterocycles. The molecule has 4 nitrogen and oxygen atoms in total. The third-order valence-electron chi connectivity index (χ3n) is 5.52. The smallest absolute Gasteiger partial charge is 0.132 e. The summed E-state index contributed by atoms with van der Waals surface area (Å²) in [5.41, 5.74) is 2.10. The second-order valence-corrected chi connectivity index (χ2v) is 9.03. The largest absolute Gasteiger partial charge is 0.507 e. The van der Waals surface area contributed by atoms with Crippen LogP contribution in [0.15, 0.2) is 53.0 Å². The van der Waals surface area contributed by atoms with E-state index in [1.165, 1.54) is 6.07 Å². The standard InChI is InChI=1S/C23H22BrClFN3O/c1-28(2)16-8-9-29(13-16)22-11-14(23-18(25)4-3-5-19(23)26)10-20(27-22)17-12-15(24)6-7-21(17)30/h3-7,10-12,16,30H,8-9,13H2,1-2H3. The van der Waals surface area contributed by atoms with E-state index in [1.807, 2.05) is 6.07 Å². The van der Waals surface area contributed by atoms with Gasteiger partial charge in [-0.3, -0.25) is 0 Å². The predicted octanol–water partition coefficient (Wildman–Crippen LogP) is 5.82. The monoisotopic (exact) mass is 489 g/mol. The van der Waals surface area contributed by atoms with Crippen molar-refractivity contribution in [2.75, 3.05) is 32.1 Å². The van der Waals surface area contributed by atoms with E-state index in [-0.39, 0.29) is 5.75 Å². The maximum absolute atomic E-state index is 14.7. The number of nitrogens with zero attached hydrogens (tertiary/aromatic N) is 3. The summed E-state index contributed by atoms with van der Waals surface area (Å²) in [5.74, 6) is 0.461. The van der Waals surface area contributed by atoms with Gasteiger partial charge in [0.25, 0.3) is 0 Å². The molecular formula is C23H22BrClFN3O. The molecule has 156 valence electrons. The van der Waals surface area contributed by atoms with Gasteiger partial charge in [0.15, 0.2) is 0 Å². The van der Waals surface area contributed by atoms with E-state index in [9.17, 15) is 9.50 Å². The van der Waals surface area contributed by atoms with Gasteiger partial charge in [-0.1, -0.05) is 33.6 Å². The molecule has 1 aliphatic heterocycles. The van der Waals surface area contributed by atoms with E-state index in [0.29, 0.717) is 33.4 Å². The number of aromatic hydroxyl groups is 1. The molecule has 1 fully saturated rings. The van der Waals surface area contributed by atoms with Crippen LogP contribution in [0.25, 0.3) is 22.4 Å². The van der Waals surface area contributed by atoms with E-state index in [0.717, 1.165) is 29.8 Å². The molecule has 0 saturated carbocycles. The van der Waals surface area contributed by atoms with Gasteiger partial charge >= 0.3 is 0 Å². The maximum Gasteiger partial charge on any atom is 0.132 e. The molecule has 1 N–H and O–H groups in total. The van der Waals surface area contributed by atoms with E-state index >= 15 is 0 Å². The average molecular weight is 491 g/mol. The van der Waals surface area contributed by atoms with Gasteiger partial charge in [0, 0.05) is 34.7 Å². The second-order valence-electron chi connectivity index (χ2n) is 7.71. The fraction of sp³-hybridized carbons (Fsp3) is 0.261. The SMILES string of the molecule is CN(C)C1CCN(c2cc(-c3c(F)cccc3Cl)cc(-c3cc(Br)ccc3O)n2)C1. The zero-order chi connectivity index (χ0) is 21.4. The lowest BCUT2D eigenvalue weighted by Gasteiger charge is -2.22. The number of benzene rings is 2. The van der Waals surface area contributed by atoms with Crippen molar-refractivity contribution in [3.8, 4) is 28.1 Å².